The first-order valence-corrected chi connectivity index (χ1v) is 8.24. The summed E-state index contributed by atoms with van der Waals surface area (Å²) in [7, 11) is 0. The van der Waals surface area contributed by atoms with Crippen molar-refractivity contribution in [1.82, 2.24) is 20.0 Å². The predicted molar refractivity (Wildman–Crippen MR) is 81.9 cm³/mol. The molecule has 3 unspecified atom stereocenters. The molecular formula is C16H26N4O. The van der Waals surface area contributed by atoms with Crippen molar-refractivity contribution < 1.29 is 4.79 Å². The van der Waals surface area contributed by atoms with Crippen molar-refractivity contribution in [3.05, 3.63) is 18.5 Å². The van der Waals surface area contributed by atoms with Gasteiger partial charge in [0, 0.05) is 37.1 Å². The molecule has 2 bridgehead atoms. The van der Waals surface area contributed by atoms with Gasteiger partial charge < -0.3 is 10.2 Å². The van der Waals surface area contributed by atoms with E-state index in [4.69, 9.17) is 0 Å². The monoisotopic (exact) mass is 290 g/mol. The van der Waals surface area contributed by atoms with Crippen molar-refractivity contribution in [3.63, 3.8) is 0 Å². The van der Waals surface area contributed by atoms with Gasteiger partial charge in [-0.3, -0.25) is 9.48 Å². The van der Waals surface area contributed by atoms with E-state index in [0.717, 1.165) is 25.8 Å². The van der Waals surface area contributed by atoms with E-state index in [9.17, 15) is 4.79 Å². The molecule has 5 nitrogen and oxygen atoms in total. The van der Waals surface area contributed by atoms with Crippen molar-refractivity contribution in [2.45, 2.75) is 70.1 Å². The Kier molecular flexibility index (Phi) is 4.29. The average Bonchev–Trinajstić information content (AvgIpc) is 3.13. The first-order chi connectivity index (χ1) is 10.2. The highest BCUT2D eigenvalue weighted by molar-refractivity contribution is 5.80. The summed E-state index contributed by atoms with van der Waals surface area (Å²) < 4.78 is 1.76. The van der Waals surface area contributed by atoms with E-state index in [1.165, 1.54) is 12.8 Å². The number of carbonyl (C=O) groups is 1. The molecule has 3 atom stereocenters. The van der Waals surface area contributed by atoms with Crippen molar-refractivity contribution >= 4 is 5.91 Å². The second kappa shape index (κ2) is 6.18. The first kappa shape index (κ1) is 14.6. The summed E-state index contributed by atoms with van der Waals surface area (Å²) in [6.45, 7) is 4.96. The lowest BCUT2D eigenvalue weighted by atomic mass is 9.97. The minimum Gasteiger partial charge on any atom is -0.338 e. The average molecular weight is 290 g/mol. The third kappa shape index (κ3) is 2.98. The summed E-state index contributed by atoms with van der Waals surface area (Å²) in [5, 5.41) is 7.88. The Labute approximate surface area is 126 Å². The maximum absolute atomic E-state index is 12.9. The fourth-order valence-electron chi connectivity index (χ4n) is 3.86. The molecule has 1 N–H and O–H groups in total. The molecule has 2 saturated heterocycles. The topological polar surface area (TPSA) is 50.2 Å². The lowest BCUT2D eigenvalue weighted by Crippen LogP contribution is -2.51. The number of hydrogen-bond acceptors (Lipinski definition) is 3. The Hall–Kier alpha value is -1.36. The van der Waals surface area contributed by atoms with Gasteiger partial charge >= 0.3 is 0 Å². The van der Waals surface area contributed by atoms with Crippen LogP contribution in [-0.2, 0) is 4.79 Å². The van der Waals surface area contributed by atoms with Gasteiger partial charge in [-0.2, -0.15) is 5.10 Å². The molecule has 1 amide bonds. The van der Waals surface area contributed by atoms with E-state index in [-0.39, 0.29) is 11.9 Å². The zero-order valence-corrected chi connectivity index (χ0v) is 13.0. The summed E-state index contributed by atoms with van der Waals surface area (Å²) in [6.07, 6.45) is 9.37. The van der Waals surface area contributed by atoms with Crippen LogP contribution in [0.25, 0.3) is 0 Å². The largest absolute Gasteiger partial charge is 0.338 e. The number of nitrogens with one attached hydrogen (secondary N) is 1. The summed E-state index contributed by atoms with van der Waals surface area (Å²) in [6, 6.07) is 3.29. The van der Waals surface area contributed by atoms with Gasteiger partial charge in [-0.05, 0) is 45.1 Å². The zero-order chi connectivity index (χ0) is 14.8. The minimum atomic E-state index is -0.209. The van der Waals surface area contributed by atoms with Gasteiger partial charge in [-0.25, -0.2) is 0 Å². The summed E-state index contributed by atoms with van der Waals surface area (Å²) in [4.78, 5) is 15.0. The van der Waals surface area contributed by atoms with Crippen LogP contribution in [0, 0.1) is 0 Å². The molecule has 116 valence electrons. The minimum absolute atomic E-state index is 0.209. The van der Waals surface area contributed by atoms with Crippen molar-refractivity contribution in [2.75, 3.05) is 6.54 Å². The van der Waals surface area contributed by atoms with Crippen LogP contribution in [0.15, 0.2) is 18.5 Å². The lowest BCUT2D eigenvalue weighted by Gasteiger charge is -2.39. The quantitative estimate of drug-likeness (QED) is 0.902. The van der Waals surface area contributed by atoms with E-state index < -0.39 is 0 Å². The fraction of sp³-hybridized carbons (Fsp3) is 0.750. The smallest absolute Gasteiger partial charge is 0.247 e. The van der Waals surface area contributed by atoms with Gasteiger partial charge in [0.25, 0.3) is 0 Å². The highest BCUT2D eigenvalue weighted by atomic mass is 16.2. The highest BCUT2D eigenvalue weighted by Crippen LogP contribution is 2.30. The summed E-state index contributed by atoms with van der Waals surface area (Å²) >= 11 is 0. The molecule has 3 rings (SSSR count). The third-order valence-corrected chi connectivity index (χ3v) is 4.92. The molecule has 3 heterocycles. The van der Waals surface area contributed by atoms with Crippen LogP contribution in [-0.4, -0.2) is 45.3 Å². The predicted octanol–water partition coefficient (Wildman–Crippen LogP) is 1.97. The molecule has 21 heavy (non-hydrogen) atoms. The van der Waals surface area contributed by atoms with E-state index in [0.29, 0.717) is 18.1 Å². The van der Waals surface area contributed by atoms with Crippen LogP contribution in [0.5, 0.6) is 0 Å². The van der Waals surface area contributed by atoms with Gasteiger partial charge in [0.05, 0.1) is 0 Å². The SMILES string of the molecule is CCCN(C(=O)C(C)n1cccn1)C1CC2CCC(C1)N2. The van der Waals surface area contributed by atoms with E-state index in [2.05, 4.69) is 22.2 Å². The van der Waals surface area contributed by atoms with Crippen molar-refractivity contribution in [3.8, 4) is 0 Å². The number of nitrogens with zero attached hydrogens (tertiary/aromatic N) is 3. The van der Waals surface area contributed by atoms with Crippen LogP contribution in [0.4, 0.5) is 0 Å². The molecule has 0 aliphatic carbocycles. The number of rotatable bonds is 5. The molecule has 1 aromatic rings. The van der Waals surface area contributed by atoms with Crippen LogP contribution in [0.2, 0.25) is 0 Å². The molecular weight excluding hydrogens is 264 g/mol. The molecule has 0 radical (unpaired) electrons. The maximum Gasteiger partial charge on any atom is 0.247 e. The molecule has 5 heteroatoms. The Balaban J connectivity index is 1.73. The van der Waals surface area contributed by atoms with Gasteiger partial charge in [0.1, 0.15) is 6.04 Å². The Morgan fingerprint density at radius 2 is 2.14 bits per heavy atom. The molecule has 0 spiro atoms. The van der Waals surface area contributed by atoms with Gasteiger partial charge in [-0.15, -0.1) is 0 Å². The number of fused-ring (bicyclic) bond motifs is 2. The summed E-state index contributed by atoms with van der Waals surface area (Å²) in [5.74, 6) is 0.215. The van der Waals surface area contributed by atoms with Crippen molar-refractivity contribution in [2.24, 2.45) is 0 Å². The maximum atomic E-state index is 12.9. The van der Waals surface area contributed by atoms with E-state index in [1.54, 1.807) is 10.9 Å². The fourth-order valence-corrected chi connectivity index (χ4v) is 3.86. The molecule has 0 saturated carbocycles. The van der Waals surface area contributed by atoms with Gasteiger partial charge in [0.2, 0.25) is 5.91 Å². The number of piperidine rings is 1. The van der Waals surface area contributed by atoms with Crippen LogP contribution in [0.1, 0.15) is 52.0 Å². The first-order valence-electron chi connectivity index (χ1n) is 8.24. The zero-order valence-electron chi connectivity index (χ0n) is 13.0. The standard InChI is InChI=1S/C16H26N4O/c1-3-8-19(15-10-13-5-6-14(11-15)18-13)16(21)12(2)20-9-4-7-17-20/h4,7,9,12-15,18H,3,5-6,8,10-11H2,1-2H3. The molecule has 2 aliphatic rings. The second-order valence-electron chi connectivity index (χ2n) is 6.46. The van der Waals surface area contributed by atoms with Crippen LogP contribution >= 0.6 is 0 Å². The van der Waals surface area contributed by atoms with Crippen LogP contribution < -0.4 is 5.32 Å². The summed E-state index contributed by atoms with van der Waals surface area (Å²) in [5.41, 5.74) is 0. The Bertz CT molecular complexity index is 461. The number of carbonyl (C=O) groups excluding carboxylic acids is 1. The number of aromatic nitrogens is 2. The second-order valence-corrected chi connectivity index (χ2v) is 6.46. The molecule has 2 aliphatic heterocycles. The van der Waals surface area contributed by atoms with Gasteiger partial charge in [0.15, 0.2) is 0 Å². The van der Waals surface area contributed by atoms with E-state index >= 15 is 0 Å². The Morgan fingerprint density at radius 3 is 2.71 bits per heavy atom. The van der Waals surface area contributed by atoms with Crippen molar-refractivity contribution in [1.29, 1.82) is 0 Å². The number of amides is 1. The molecule has 1 aromatic heterocycles. The normalized spacial score (nSPS) is 29.3. The van der Waals surface area contributed by atoms with E-state index in [1.807, 2.05) is 19.2 Å². The molecule has 2 fully saturated rings. The number of hydrogen-bond donors (Lipinski definition) is 1. The Morgan fingerprint density at radius 1 is 1.43 bits per heavy atom. The lowest BCUT2D eigenvalue weighted by molar-refractivity contribution is -0.137. The third-order valence-electron chi connectivity index (χ3n) is 4.92. The van der Waals surface area contributed by atoms with Gasteiger partial charge in [-0.1, -0.05) is 6.92 Å². The molecule has 0 aromatic carbocycles. The van der Waals surface area contributed by atoms with Crippen LogP contribution in [0.3, 0.4) is 0 Å². The highest BCUT2D eigenvalue weighted by Gasteiger charge is 2.38.